The maximum atomic E-state index is 13.2. The summed E-state index contributed by atoms with van der Waals surface area (Å²) in [7, 11) is -2.29. The van der Waals surface area contributed by atoms with Gasteiger partial charge in [0.25, 0.3) is 0 Å². The Labute approximate surface area is 144 Å². The first-order valence-electron chi connectivity index (χ1n) is 7.57. The van der Waals surface area contributed by atoms with E-state index in [2.05, 4.69) is 50.8 Å². The third-order valence-electron chi connectivity index (χ3n) is 3.96. The van der Waals surface area contributed by atoms with Crippen LogP contribution in [-0.2, 0) is 10.8 Å². The van der Waals surface area contributed by atoms with Gasteiger partial charge in [-0.15, -0.1) is 0 Å². The molecule has 0 saturated carbocycles. The van der Waals surface area contributed by atoms with Gasteiger partial charge < -0.3 is 0 Å². The second-order valence-electron chi connectivity index (χ2n) is 6.56. The monoisotopic (exact) mass is 396 g/mol. The van der Waals surface area contributed by atoms with Crippen molar-refractivity contribution < 1.29 is 4.21 Å². The van der Waals surface area contributed by atoms with E-state index in [0.29, 0.717) is 5.54 Å². The standard InChI is InChI=1S/C18H24OSSeSi/c1-15(22(2,3)4)18(21-17-13-9-6-10-14-17)20(19)16-11-7-5-8-12-16/h5-15,18H,1-4H3/t15-,18?,20?/m1/s1. The van der Waals surface area contributed by atoms with Crippen molar-refractivity contribution in [3.05, 3.63) is 60.7 Å². The van der Waals surface area contributed by atoms with Crippen molar-refractivity contribution in [3.8, 4) is 0 Å². The van der Waals surface area contributed by atoms with Gasteiger partial charge in [-0.1, -0.05) is 0 Å². The van der Waals surface area contributed by atoms with E-state index in [9.17, 15) is 4.21 Å². The summed E-state index contributed by atoms with van der Waals surface area (Å²) in [6.45, 7) is 9.46. The molecule has 0 amide bonds. The van der Waals surface area contributed by atoms with Crippen LogP contribution in [0.1, 0.15) is 6.92 Å². The quantitative estimate of drug-likeness (QED) is 0.679. The Morgan fingerprint density at radius 2 is 1.41 bits per heavy atom. The molecule has 2 aromatic carbocycles. The summed E-state index contributed by atoms with van der Waals surface area (Å²) in [6.07, 6.45) is 0. The number of hydrogen-bond donors (Lipinski definition) is 0. The van der Waals surface area contributed by atoms with Crippen molar-refractivity contribution in [2.24, 2.45) is 0 Å². The third kappa shape index (κ3) is 4.66. The number of benzene rings is 2. The Hall–Kier alpha value is -0.674. The minimum atomic E-state index is -1.35. The Morgan fingerprint density at radius 1 is 0.909 bits per heavy atom. The average molecular weight is 396 g/mol. The summed E-state index contributed by atoms with van der Waals surface area (Å²) < 4.78 is 14.8. The molecule has 0 aliphatic carbocycles. The first-order valence-corrected chi connectivity index (χ1v) is 14.2. The fraction of sp³-hybridized carbons (Fsp3) is 0.333. The van der Waals surface area contributed by atoms with Crippen molar-refractivity contribution >= 4 is 38.3 Å². The van der Waals surface area contributed by atoms with Gasteiger partial charge in [0.15, 0.2) is 0 Å². The topological polar surface area (TPSA) is 17.1 Å². The molecule has 4 heteroatoms. The van der Waals surface area contributed by atoms with Gasteiger partial charge in [0, 0.05) is 0 Å². The Morgan fingerprint density at radius 3 is 1.91 bits per heavy atom. The third-order valence-corrected chi connectivity index (χ3v) is 13.5. The molecule has 2 rings (SSSR count). The van der Waals surface area contributed by atoms with Gasteiger partial charge in [-0.3, -0.25) is 0 Å². The van der Waals surface area contributed by atoms with Crippen LogP contribution in [0, 0.1) is 0 Å². The van der Waals surface area contributed by atoms with E-state index in [4.69, 9.17) is 0 Å². The molecule has 0 spiro atoms. The SMILES string of the molecule is C[C@H](C([Se]c1ccccc1)S(=O)c1ccccc1)[Si](C)(C)C. The predicted octanol–water partition coefficient (Wildman–Crippen LogP) is 3.88. The van der Waals surface area contributed by atoms with Gasteiger partial charge in [-0.05, 0) is 0 Å². The molecule has 0 heterocycles. The molecule has 1 nitrogen and oxygen atoms in total. The second-order valence-corrected chi connectivity index (χ2v) is 17.0. The maximum absolute atomic E-state index is 13.2. The Kier molecular flexibility index (Phi) is 6.22. The molecule has 0 aliphatic rings. The number of hydrogen-bond acceptors (Lipinski definition) is 1. The van der Waals surface area contributed by atoms with Crippen LogP contribution >= 0.6 is 0 Å². The first-order chi connectivity index (χ1) is 10.4. The Balaban J connectivity index is 2.31. The van der Waals surface area contributed by atoms with E-state index in [1.165, 1.54) is 4.46 Å². The van der Waals surface area contributed by atoms with E-state index in [-0.39, 0.29) is 19.1 Å². The first kappa shape index (κ1) is 17.7. The summed E-state index contributed by atoms with van der Waals surface area (Å²) >= 11 is 0.224. The molecule has 0 N–H and O–H groups in total. The van der Waals surface area contributed by atoms with Crippen LogP contribution in [0.3, 0.4) is 0 Å². The van der Waals surface area contributed by atoms with E-state index < -0.39 is 18.9 Å². The van der Waals surface area contributed by atoms with Gasteiger partial charge in [0.2, 0.25) is 0 Å². The van der Waals surface area contributed by atoms with E-state index >= 15 is 0 Å². The molecular weight excluding hydrogens is 371 g/mol. The summed E-state index contributed by atoms with van der Waals surface area (Å²) in [5.74, 6) is 0. The van der Waals surface area contributed by atoms with Crippen LogP contribution in [-0.4, -0.2) is 31.4 Å². The van der Waals surface area contributed by atoms with Crippen molar-refractivity contribution in [2.45, 2.75) is 41.1 Å². The molecular formula is C18H24OSSeSi. The second kappa shape index (κ2) is 7.74. The molecule has 0 radical (unpaired) electrons. The number of rotatable bonds is 6. The fourth-order valence-corrected chi connectivity index (χ4v) is 12.0. The molecule has 3 atom stereocenters. The van der Waals surface area contributed by atoms with Crippen LogP contribution in [0.4, 0.5) is 0 Å². The van der Waals surface area contributed by atoms with Crippen LogP contribution in [0.25, 0.3) is 0 Å². The molecule has 0 aliphatic heterocycles. The van der Waals surface area contributed by atoms with E-state index in [0.717, 1.165) is 4.90 Å². The predicted molar refractivity (Wildman–Crippen MR) is 101 cm³/mol. The molecule has 2 unspecified atom stereocenters. The summed E-state index contributed by atoms with van der Waals surface area (Å²) in [5, 5.41) is 0. The van der Waals surface area contributed by atoms with E-state index in [1.54, 1.807) is 0 Å². The fourth-order valence-electron chi connectivity index (χ4n) is 2.06. The van der Waals surface area contributed by atoms with Gasteiger partial charge in [-0.25, -0.2) is 0 Å². The summed E-state index contributed by atoms with van der Waals surface area (Å²) in [4.78, 5) is 0.968. The van der Waals surface area contributed by atoms with Gasteiger partial charge in [0.05, 0.1) is 0 Å². The van der Waals surface area contributed by atoms with Crippen LogP contribution in [0.5, 0.6) is 0 Å². The molecule has 0 aromatic heterocycles. The van der Waals surface area contributed by atoms with Crippen molar-refractivity contribution in [1.82, 2.24) is 0 Å². The van der Waals surface area contributed by atoms with E-state index in [1.807, 2.05) is 36.4 Å². The van der Waals surface area contributed by atoms with Crippen LogP contribution in [0.2, 0.25) is 25.2 Å². The zero-order chi connectivity index (χ0) is 16.2. The van der Waals surface area contributed by atoms with Crippen LogP contribution < -0.4 is 4.46 Å². The van der Waals surface area contributed by atoms with Crippen LogP contribution in [0.15, 0.2) is 65.6 Å². The van der Waals surface area contributed by atoms with Crippen molar-refractivity contribution in [3.63, 3.8) is 0 Å². The summed E-state index contributed by atoms with van der Waals surface area (Å²) in [5.41, 5.74) is 0.522. The minimum absolute atomic E-state index is 0.224. The normalized spacial score (nSPS) is 16.0. The molecule has 118 valence electrons. The zero-order valence-electron chi connectivity index (χ0n) is 13.7. The molecule has 22 heavy (non-hydrogen) atoms. The molecule has 0 saturated heterocycles. The van der Waals surface area contributed by atoms with Gasteiger partial charge >= 0.3 is 144 Å². The van der Waals surface area contributed by atoms with Crippen molar-refractivity contribution in [2.75, 3.05) is 0 Å². The van der Waals surface area contributed by atoms with Crippen molar-refractivity contribution in [1.29, 1.82) is 0 Å². The zero-order valence-corrected chi connectivity index (χ0v) is 17.2. The average Bonchev–Trinajstić information content (AvgIpc) is 2.52. The van der Waals surface area contributed by atoms with Gasteiger partial charge in [0.1, 0.15) is 0 Å². The van der Waals surface area contributed by atoms with Gasteiger partial charge in [-0.2, -0.15) is 0 Å². The molecule has 0 bridgehead atoms. The molecule has 2 aromatic rings. The molecule has 0 fully saturated rings. The Bertz CT molecular complexity index is 610. The summed E-state index contributed by atoms with van der Waals surface area (Å²) in [6, 6.07) is 20.5.